The molecule has 0 heterocycles. The van der Waals surface area contributed by atoms with Gasteiger partial charge in [-0.1, -0.05) is 12.8 Å². The number of nitrogens with one attached hydrogen (secondary N) is 1. The maximum atomic E-state index is 11.7. The molecule has 1 amide bonds. The van der Waals surface area contributed by atoms with Gasteiger partial charge in [-0.05, 0) is 12.8 Å². The number of carbonyl (C=O) groups is 2. The second-order valence-corrected chi connectivity index (χ2v) is 6.17. The van der Waals surface area contributed by atoms with E-state index < -0.39 is 39.3 Å². The Balaban J connectivity index is 2.45. The van der Waals surface area contributed by atoms with Crippen molar-refractivity contribution in [3.8, 4) is 0 Å². The highest BCUT2D eigenvalue weighted by molar-refractivity contribution is 7.92. The van der Waals surface area contributed by atoms with Crippen LogP contribution in [0.25, 0.3) is 0 Å². The van der Waals surface area contributed by atoms with Crippen molar-refractivity contribution in [2.45, 2.75) is 30.9 Å². The van der Waals surface area contributed by atoms with E-state index >= 15 is 0 Å². The molecule has 0 aromatic heterocycles. The lowest BCUT2D eigenvalue weighted by atomic mass is 10.4. The Morgan fingerprint density at radius 1 is 1.25 bits per heavy atom. The SMILES string of the molecule is O=C(O)CNC(=O)CS(=O)(=O)C1CCCC1. The Labute approximate surface area is 93.9 Å². The summed E-state index contributed by atoms with van der Waals surface area (Å²) in [5.41, 5.74) is 0. The number of carboxylic acids is 1. The van der Waals surface area contributed by atoms with E-state index in [4.69, 9.17) is 5.11 Å². The highest BCUT2D eigenvalue weighted by Crippen LogP contribution is 2.24. The van der Waals surface area contributed by atoms with Crippen molar-refractivity contribution >= 4 is 21.7 Å². The number of hydrogen-bond donors (Lipinski definition) is 2. The maximum Gasteiger partial charge on any atom is 0.322 e. The fourth-order valence-corrected chi connectivity index (χ4v) is 3.53. The predicted molar refractivity (Wildman–Crippen MR) is 56.7 cm³/mol. The van der Waals surface area contributed by atoms with Gasteiger partial charge in [-0.2, -0.15) is 0 Å². The molecular formula is C9H15NO5S. The molecule has 1 saturated carbocycles. The second kappa shape index (κ2) is 5.29. The Kier molecular flexibility index (Phi) is 4.28. The van der Waals surface area contributed by atoms with Crippen LogP contribution in [0, 0.1) is 0 Å². The topological polar surface area (TPSA) is 101 Å². The Bertz CT molecular complexity index is 369. The summed E-state index contributed by atoms with van der Waals surface area (Å²) in [4.78, 5) is 21.3. The van der Waals surface area contributed by atoms with Gasteiger partial charge >= 0.3 is 5.97 Å². The first-order valence-corrected chi connectivity index (χ1v) is 6.83. The molecule has 0 spiro atoms. The number of hydrogen-bond acceptors (Lipinski definition) is 4. The highest BCUT2D eigenvalue weighted by atomic mass is 32.2. The van der Waals surface area contributed by atoms with Gasteiger partial charge in [0.1, 0.15) is 12.3 Å². The van der Waals surface area contributed by atoms with Crippen LogP contribution in [-0.4, -0.2) is 42.9 Å². The first-order chi connectivity index (χ1) is 7.42. The van der Waals surface area contributed by atoms with Gasteiger partial charge in [0.25, 0.3) is 0 Å². The zero-order chi connectivity index (χ0) is 12.2. The lowest BCUT2D eigenvalue weighted by Crippen LogP contribution is -2.36. The van der Waals surface area contributed by atoms with E-state index in [0.717, 1.165) is 12.8 Å². The molecule has 92 valence electrons. The molecule has 0 saturated heterocycles. The molecule has 1 aliphatic rings. The number of carbonyl (C=O) groups excluding carboxylic acids is 1. The Hall–Kier alpha value is -1.11. The third kappa shape index (κ3) is 3.80. The van der Waals surface area contributed by atoms with Gasteiger partial charge in [0, 0.05) is 0 Å². The maximum absolute atomic E-state index is 11.7. The average molecular weight is 249 g/mol. The quantitative estimate of drug-likeness (QED) is 0.687. The van der Waals surface area contributed by atoms with Crippen LogP contribution in [0.5, 0.6) is 0 Å². The van der Waals surface area contributed by atoms with Gasteiger partial charge in [0.2, 0.25) is 5.91 Å². The van der Waals surface area contributed by atoms with Crippen molar-refractivity contribution in [3.63, 3.8) is 0 Å². The van der Waals surface area contributed by atoms with Crippen LogP contribution in [-0.2, 0) is 19.4 Å². The summed E-state index contributed by atoms with van der Waals surface area (Å²) in [7, 11) is -3.41. The molecule has 16 heavy (non-hydrogen) atoms. The minimum atomic E-state index is -3.41. The standard InChI is InChI=1S/C9H15NO5S/c11-8(10-5-9(12)13)6-16(14,15)7-3-1-2-4-7/h7H,1-6H2,(H,10,11)(H,12,13). The van der Waals surface area contributed by atoms with E-state index in [9.17, 15) is 18.0 Å². The molecule has 6 nitrogen and oxygen atoms in total. The van der Waals surface area contributed by atoms with Gasteiger partial charge in [-0.25, -0.2) is 8.42 Å². The molecule has 1 rings (SSSR count). The molecule has 1 aliphatic carbocycles. The lowest BCUT2D eigenvalue weighted by molar-refractivity contribution is -0.137. The molecule has 0 aromatic rings. The zero-order valence-corrected chi connectivity index (χ0v) is 9.62. The fourth-order valence-electron chi connectivity index (χ4n) is 1.77. The number of rotatable bonds is 5. The third-order valence-corrected chi connectivity index (χ3v) is 4.73. The van der Waals surface area contributed by atoms with Crippen LogP contribution in [0.15, 0.2) is 0 Å². The number of aliphatic carboxylic acids is 1. The van der Waals surface area contributed by atoms with Crippen LogP contribution in [0.2, 0.25) is 0 Å². The van der Waals surface area contributed by atoms with Crippen LogP contribution in [0.3, 0.4) is 0 Å². The minimum absolute atomic E-state index is 0.428. The number of sulfone groups is 1. The van der Waals surface area contributed by atoms with E-state index in [0.29, 0.717) is 12.8 Å². The predicted octanol–water partition coefficient (Wildman–Crippen LogP) is -0.455. The summed E-state index contributed by atoms with van der Waals surface area (Å²) in [6.07, 6.45) is 2.96. The van der Waals surface area contributed by atoms with Gasteiger partial charge in [-0.3, -0.25) is 9.59 Å². The highest BCUT2D eigenvalue weighted by Gasteiger charge is 2.30. The summed E-state index contributed by atoms with van der Waals surface area (Å²) in [5.74, 6) is -2.54. The summed E-state index contributed by atoms with van der Waals surface area (Å²) >= 11 is 0. The third-order valence-electron chi connectivity index (χ3n) is 2.58. The van der Waals surface area contributed by atoms with Crippen LogP contribution >= 0.6 is 0 Å². The van der Waals surface area contributed by atoms with E-state index in [-0.39, 0.29) is 0 Å². The van der Waals surface area contributed by atoms with E-state index in [2.05, 4.69) is 0 Å². The van der Waals surface area contributed by atoms with Crippen molar-refractivity contribution in [2.75, 3.05) is 12.3 Å². The Morgan fingerprint density at radius 3 is 2.31 bits per heavy atom. The van der Waals surface area contributed by atoms with Gasteiger partial charge in [-0.15, -0.1) is 0 Å². The van der Waals surface area contributed by atoms with Gasteiger partial charge < -0.3 is 10.4 Å². The average Bonchev–Trinajstić information content (AvgIpc) is 2.67. The monoisotopic (exact) mass is 249 g/mol. The molecule has 7 heteroatoms. The lowest BCUT2D eigenvalue weighted by Gasteiger charge is -2.10. The first-order valence-electron chi connectivity index (χ1n) is 5.12. The summed E-state index contributed by atoms with van der Waals surface area (Å²) in [6.45, 7) is -0.543. The molecule has 0 atom stereocenters. The van der Waals surface area contributed by atoms with E-state index in [1.165, 1.54) is 0 Å². The zero-order valence-electron chi connectivity index (χ0n) is 8.81. The van der Waals surface area contributed by atoms with E-state index in [1.807, 2.05) is 5.32 Å². The normalized spacial score (nSPS) is 17.2. The fraction of sp³-hybridized carbons (Fsp3) is 0.778. The molecule has 0 unspecified atom stereocenters. The molecule has 0 radical (unpaired) electrons. The molecule has 2 N–H and O–H groups in total. The number of amides is 1. The van der Waals surface area contributed by atoms with Crippen LogP contribution in [0.1, 0.15) is 25.7 Å². The second-order valence-electron chi connectivity index (χ2n) is 3.88. The molecule has 1 fully saturated rings. The number of carboxylic acid groups (broad SMARTS) is 1. The van der Waals surface area contributed by atoms with Crippen molar-refractivity contribution in [1.82, 2.24) is 5.32 Å². The Morgan fingerprint density at radius 2 is 1.81 bits per heavy atom. The van der Waals surface area contributed by atoms with Gasteiger partial charge in [0.15, 0.2) is 9.84 Å². The minimum Gasteiger partial charge on any atom is -0.480 e. The summed E-state index contributed by atoms with van der Waals surface area (Å²) < 4.78 is 23.4. The van der Waals surface area contributed by atoms with Crippen molar-refractivity contribution < 1.29 is 23.1 Å². The largest absolute Gasteiger partial charge is 0.480 e. The van der Waals surface area contributed by atoms with Crippen molar-refractivity contribution in [1.29, 1.82) is 0 Å². The van der Waals surface area contributed by atoms with Crippen LogP contribution < -0.4 is 5.32 Å². The molecule has 0 aromatic carbocycles. The van der Waals surface area contributed by atoms with Crippen LogP contribution in [0.4, 0.5) is 0 Å². The molecule has 0 aliphatic heterocycles. The summed E-state index contributed by atoms with van der Waals surface area (Å²) in [5, 5.41) is 9.92. The van der Waals surface area contributed by atoms with Crippen molar-refractivity contribution in [2.24, 2.45) is 0 Å². The summed E-state index contributed by atoms with van der Waals surface area (Å²) in [6, 6.07) is 0. The van der Waals surface area contributed by atoms with Gasteiger partial charge in [0.05, 0.1) is 5.25 Å². The van der Waals surface area contributed by atoms with Crippen molar-refractivity contribution in [3.05, 3.63) is 0 Å². The molecule has 0 bridgehead atoms. The first kappa shape index (κ1) is 13.0. The smallest absolute Gasteiger partial charge is 0.322 e. The molecular weight excluding hydrogens is 234 g/mol. The van der Waals surface area contributed by atoms with E-state index in [1.54, 1.807) is 0 Å².